The third-order valence-electron chi connectivity index (χ3n) is 3.82. The Bertz CT molecular complexity index is 590. The maximum Gasteiger partial charge on any atom is 0.213 e. The lowest BCUT2D eigenvalue weighted by Gasteiger charge is -2.11. The summed E-state index contributed by atoms with van der Waals surface area (Å²) in [4.78, 5) is 4.16. The van der Waals surface area contributed by atoms with Crippen molar-refractivity contribution in [1.82, 2.24) is 4.98 Å². The minimum Gasteiger partial charge on any atom is -0.481 e. The second-order valence-electron chi connectivity index (χ2n) is 4.82. The third-order valence-corrected chi connectivity index (χ3v) is 3.82. The van der Waals surface area contributed by atoms with Crippen LogP contribution in [0.4, 0.5) is 0 Å². The van der Waals surface area contributed by atoms with Crippen LogP contribution in [-0.4, -0.2) is 12.1 Å². The molecule has 92 valence electrons. The minimum absolute atomic E-state index is 0.674. The lowest BCUT2D eigenvalue weighted by molar-refractivity contribution is 0.398. The summed E-state index contributed by atoms with van der Waals surface area (Å²) in [6, 6.07) is 8.56. The Morgan fingerprint density at radius 1 is 1.17 bits per heavy atom. The fourth-order valence-electron chi connectivity index (χ4n) is 2.85. The standard InChI is InChI=1S/C16H17NO/c1-11-14-5-3-4-12(14)6-7-15(11)13-8-9-17-16(10-13)18-2/h6-10H,3-5H2,1-2H3. The zero-order valence-corrected chi connectivity index (χ0v) is 10.9. The van der Waals surface area contributed by atoms with E-state index in [2.05, 4.69) is 24.0 Å². The van der Waals surface area contributed by atoms with E-state index in [1.165, 1.54) is 41.5 Å². The van der Waals surface area contributed by atoms with Crippen molar-refractivity contribution < 1.29 is 4.74 Å². The smallest absolute Gasteiger partial charge is 0.213 e. The van der Waals surface area contributed by atoms with Crippen molar-refractivity contribution in [3.05, 3.63) is 47.2 Å². The summed E-state index contributed by atoms with van der Waals surface area (Å²) >= 11 is 0. The maximum absolute atomic E-state index is 5.20. The number of ether oxygens (including phenoxy) is 1. The molecule has 0 spiro atoms. The highest BCUT2D eigenvalue weighted by atomic mass is 16.5. The molecule has 1 aliphatic rings. The van der Waals surface area contributed by atoms with Crippen LogP contribution in [0.15, 0.2) is 30.5 Å². The molecule has 1 aliphatic carbocycles. The van der Waals surface area contributed by atoms with Crippen molar-refractivity contribution >= 4 is 0 Å². The number of aromatic nitrogens is 1. The van der Waals surface area contributed by atoms with Crippen molar-refractivity contribution in [3.63, 3.8) is 0 Å². The van der Waals surface area contributed by atoms with Crippen LogP contribution in [0.2, 0.25) is 0 Å². The molecule has 2 nitrogen and oxygen atoms in total. The molecule has 1 heterocycles. The lowest BCUT2D eigenvalue weighted by atomic mass is 9.94. The average molecular weight is 239 g/mol. The predicted octanol–water partition coefficient (Wildman–Crippen LogP) is 3.55. The molecule has 0 radical (unpaired) electrons. The number of fused-ring (bicyclic) bond motifs is 1. The number of rotatable bonds is 2. The highest BCUT2D eigenvalue weighted by Gasteiger charge is 2.16. The maximum atomic E-state index is 5.20. The zero-order valence-electron chi connectivity index (χ0n) is 10.9. The Kier molecular flexibility index (Phi) is 2.78. The Balaban J connectivity index is 2.11. The van der Waals surface area contributed by atoms with E-state index in [0.717, 1.165) is 0 Å². The molecule has 0 atom stereocenters. The largest absolute Gasteiger partial charge is 0.481 e. The SMILES string of the molecule is COc1cc(-c2ccc3c(c2C)CCC3)ccn1. The van der Waals surface area contributed by atoms with E-state index in [4.69, 9.17) is 4.74 Å². The average Bonchev–Trinajstić information content (AvgIpc) is 2.88. The van der Waals surface area contributed by atoms with E-state index >= 15 is 0 Å². The molecular weight excluding hydrogens is 222 g/mol. The molecule has 3 rings (SSSR count). The van der Waals surface area contributed by atoms with Crippen molar-refractivity contribution in [3.8, 4) is 17.0 Å². The number of hydrogen-bond donors (Lipinski definition) is 0. The first-order chi connectivity index (χ1) is 8.79. The van der Waals surface area contributed by atoms with E-state index in [1.807, 2.05) is 12.1 Å². The number of benzene rings is 1. The fourth-order valence-corrected chi connectivity index (χ4v) is 2.85. The van der Waals surface area contributed by atoms with E-state index in [-0.39, 0.29) is 0 Å². The number of hydrogen-bond acceptors (Lipinski definition) is 2. The number of methoxy groups -OCH3 is 1. The lowest BCUT2D eigenvalue weighted by Crippen LogP contribution is -1.93. The van der Waals surface area contributed by atoms with Crippen molar-refractivity contribution in [1.29, 1.82) is 0 Å². The molecular formula is C16H17NO. The number of nitrogens with zero attached hydrogens (tertiary/aromatic N) is 1. The highest BCUT2D eigenvalue weighted by molar-refractivity contribution is 5.70. The van der Waals surface area contributed by atoms with Gasteiger partial charge in [-0.1, -0.05) is 12.1 Å². The second-order valence-corrected chi connectivity index (χ2v) is 4.82. The van der Waals surface area contributed by atoms with Crippen LogP contribution in [0.1, 0.15) is 23.1 Å². The molecule has 0 bridgehead atoms. The molecule has 0 amide bonds. The minimum atomic E-state index is 0.674. The number of aryl methyl sites for hydroxylation is 1. The van der Waals surface area contributed by atoms with Crippen LogP contribution in [0, 0.1) is 6.92 Å². The Labute approximate surface area is 108 Å². The van der Waals surface area contributed by atoms with Crippen LogP contribution in [0.5, 0.6) is 5.88 Å². The molecule has 18 heavy (non-hydrogen) atoms. The molecule has 0 unspecified atom stereocenters. The first-order valence-corrected chi connectivity index (χ1v) is 6.41. The van der Waals surface area contributed by atoms with Gasteiger partial charge in [-0.3, -0.25) is 0 Å². The second kappa shape index (κ2) is 4.45. The Hall–Kier alpha value is -1.83. The van der Waals surface area contributed by atoms with E-state index in [1.54, 1.807) is 18.9 Å². The summed E-state index contributed by atoms with van der Waals surface area (Å²) in [5, 5.41) is 0. The summed E-state index contributed by atoms with van der Waals surface area (Å²) in [5.41, 5.74) is 6.98. The molecule has 1 aromatic heterocycles. The molecule has 1 aromatic carbocycles. The van der Waals surface area contributed by atoms with Gasteiger partial charge in [0, 0.05) is 12.3 Å². The normalized spacial score (nSPS) is 13.4. The number of pyridine rings is 1. The third kappa shape index (κ3) is 1.78. The van der Waals surface area contributed by atoms with E-state index in [9.17, 15) is 0 Å². The van der Waals surface area contributed by atoms with Crippen LogP contribution >= 0.6 is 0 Å². The molecule has 0 aliphatic heterocycles. The highest BCUT2D eigenvalue weighted by Crippen LogP contribution is 2.33. The Morgan fingerprint density at radius 2 is 2.06 bits per heavy atom. The summed E-state index contributed by atoms with van der Waals surface area (Å²) < 4.78 is 5.20. The zero-order chi connectivity index (χ0) is 12.5. The van der Waals surface area contributed by atoms with Gasteiger partial charge >= 0.3 is 0 Å². The van der Waals surface area contributed by atoms with Gasteiger partial charge in [-0.05, 0) is 60.1 Å². The Morgan fingerprint density at radius 3 is 2.89 bits per heavy atom. The van der Waals surface area contributed by atoms with Crippen molar-refractivity contribution in [2.45, 2.75) is 26.2 Å². The van der Waals surface area contributed by atoms with Gasteiger partial charge in [0.15, 0.2) is 0 Å². The monoisotopic (exact) mass is 239 g/mol. The van der Waals surface area contributed by atoms with Gasteiger partial charge in [0.05, 0.1) is 7.11 Å². The molecule has 2 heteroatoms. The predicted molar refractivity (Wildman–Crippen MR) is 73.0 cm³/mol. The topological polar surface area (TPSA) is 22.1 Å². The summed E-state index contributed by atoms with van der Waals surface area (Å²) in [5.74, 6) is 0.674. The van der Waals surface area contributed by atoms with Gasteiger partial charge in [0.2, 0.25) is 5.88 Å². The fraction of sp³-hybridized carbons (Fsp3) is 0.312. The van der Waals surface area contributed by atoms with Gasteiger partial charge in [0.25, 0.3) is 0 Å². The molecule has 0 saturated heterocycles. The first-order valence-electron chi connectivity index (χ1n) is 6.41. The van der Waals surface area contributed by atoms with E-state index in [0.29, 0.717) is 5.88 Å². The van der Waals surface area contributed by atoms with Crippen LogP contribution in [-0.2, 0) is 12.8 Å². The summed E-state index contributed by atoms with van der Waals surface area (Å²) in [6.45, 7) is 2.23. The summed E-state index contributed by atoms with van der Waals surface area (Å²) in [6.07, 6.45) is 5.55. The van der Waals surface area contributed by atoms with Gasteiger partial charge in [-0.25, -0.2) is 4.98 Å². The van der Waals surface area contributed by atoms with Crippen LogP contribution in [0.3, 0.4) is 0 Å². The molecule has 0 fully saturated rings. The van der Waals surface area contributed by atoms with Gasteiger partial charge in [-0.2, -0.15) is 0 Å². The van der Waals surface area contributed by atoms with Gasteiger partial charge in [0.1, 0.15) is 0 Å². The molecule has 0 N–H and O–H groups in total. The first kappa shape index (κ1) is 11.3. The van der Waals surface area contributed by atoms with Crippen LogP contribution < -0.4 is 4.74 Å². The van der Waals surface area contributed by atoms with Crippen LogP contribution in [0.25, 0.3) is 11.1 Å². The van der Waals surface area contributed by atoms with Gasteiger partial charge in [-0.15, -0.1) is 0 Å². The van der Waals surface area contributed by atoms with Crippen molar-refractivity contribution in [2.24, 2.45) is 0 Å². The molecule has 0 saturated carbocycles. The van der Waals surface area contributed by atoms with Gasteiger partial charge < -0.3 is 4.74 Å². The van der Waals surface area contributed by atoms with Crippen molar-refractivity contribution in [2.75, 3.05) is 7.11 Å². The molecule has 2 aromatic rings. The quantitative estimate of drug-likeness (QED) is 0.799. The van der Waals surface area contributed by atoms with E-state index < -0.39 is 0 Å². The summed E-state index contributed by atoms with van der Waals surface area (Å²) in [7, 11) is 1.65.